The minimum atomic E-state index is 0. The molecule has 0 heterocycles. The molecule has 0 spiro atoms. The summed E-state index contributed by atoms with van der Waals surface area (Å²) in [6.45, 7) is 0. The second-order valence-corrected chi connectivity index (χ2v) is 4.15. The molecule has 3 radical (unpaired) electrons. The molecule has 3 heteroatoms. The fourth-order valence-corrected chi connectivity index (χ4v) is 1.29. The summed E-state index contributed by atoms with van der Waals surface area (Å²) in [4.78, 5) is 0. The Kier molecular flexibility index (Phi) is 33.5. The van der Waals surface area contributed by atoms with Crippen LogP contribution in [0.5, 0.6) is 0 Å². The van der Waals surface area contributed by atoms with Gasteiger partial charge in [0, 0.05) is 98.1 Å². The maximum Gasteiger partial charge on any atom is 0 e. The summed E-state index contributed by atoms with van der Waals surface area (Å²) < 4.78 is 0. The molecule has 0 fully saturated rings. The molecule has 0 atom stereocenters. The number of rotatable bonds is 0. The molecular formula is C24H18Y3-6. The van der Waals surface area contributed by atoms with Gasteiger partial charge in [-0.25, -0.2) is 0 Å². The molecule has 0 aliphatic heterocycles. The van der Waals surface area contributed by atoms with Crippen LogP contribution in [-0.4, -0.2) is 0 Å². The maximum absolute atomic E-state index is 2.89. The molecule has 0 saturated heterocycles. The van der Waals surface area contributed by atoms with E-state index in [2.05, 4.69) is 36.4 Å². The maximum atomic E-state index is 2.89. The van der Waals surface area contributed by atoms with Crippen molar-refractivity contribution < 1.29 is 98.1 Å². The van der Waals surface area contributed by atoms with Crippen molar-refractivity contribution in [2.45, 2.75) is 0 Å². The third-order valence-electron chi connectivity index (χ3n) is 2.32. The Morgan fingerprint density at radius 1 is 0.222 bits per heavy atom. The fourth-order valence-electron chi connectivity index (χ4n) is 1.29. The van der Waals surface area contributed by atoms with Gasteiger partial charge in [0.05, 0.1) is 0 Å². The summed E-state index contributed by atoms with van der Waals surface area (Å²) in [6.07, 6.45) is 0. The Balaban J connectivity index is -0.000000274. The Hall–Kier alpha value is 0.192. The van der Waals surface area contributed by atoms with Crippen LogP contribution in [0.1, 0.15) is 0 Å². The van der Waals surface area contributed by atoms with Crippen molar-refractivity contribution >= 4 is 0 Å². The van der Waals surface area contributed by atoms with E-state index in [0.717, 1.165) is 0 Å². The van der Waals surface area contributed by atoms with Crippen molar-refractivity contribution in [3.05, 3.63) is 146 Å². The van der Waals surface area contributed by atoms with Crippen LogP contribution in [0.4, 0.5) is 0 Å². The predicted molar refractivity (Wildman–Crippen MR) is 98.8 cm³/mol. The van der Waals surface area contributed by atoms with E-state index < -0.39 is 0 Å². The van der Waals surface area contributed by atoms with Crippen LogP contribution in [0, 0.1) is 36.4 Å². The SMILES string of the molecule is [Y].[Y].[Y].[c-]1cc[c-]cc1.[c-]1cc[c-]cc1.[c-]1ccccc1.[c-]1ccccc1. The van der Waals surface area contributed by atoms with Gasteiger partial charge >= 0.3 is 0 Å². The minimum Gasteiger partial charge on any atom is -0.319 e. The molecule has 0 saturated carbocycles. The van der Waals surface area contributed by atoms with Crippen LogP contribution in [0.25, 0.3) is 0 Å². The molecular weight excluding hydrogens is 555 g/mol. The third-order valence-corrected chi connectivity index (χ3v) is 2.32. The molecule has 0 nitrogen and oxygen atoms in total. The van der Waals surface area contributed by atoms with Gasteiger partial charge in [-0.1, -0.05) is 0 Å². The zero-order chi connectivity index (χ0) is 17.0. The summed E-state index contributed by atoms with van der Waals surface area (Å²) in [5.41, 5.74) is 0. The molecule has 129 valence electrons. The molecule has 4 aromatic rings. The summed E-state index contributed by atoms with van der Waals surface area (Å²) in [5.74, 6) is 0. The Morgan fingerprint density at radius 2 is 0.407 bits per heavy atom. The van der Waals surface area contributed by atoms with Crippen molar-refractivity contribution in [1.82, 2.24) is 0 Å². The van der Waals surface area contributed by atoms with Crippen LogP contribution in [0.15, 0.2) is 109 Å². The number of benzene rings is 4. The van der Waals surface area contributed by atoms with E-state index in [0.29, 0.717) is 0 Å². The molecule has 0 N–H and O–H groups in total. The first-order valence-corrected chi connectivity index (χ1v) is 7.46. The van der Waals surface area contributed by atoms with Gasteiger partial charge in [-0.3, -0.25) is 48.5 Å². The second-order valence-electron chi connectivity index (χ2n) is 4.15. The van der Waals surface area contributed by atoms with Crippen LogP contribution in [0.3, 0.4) is 0 Å². The molecule has 0 unspecified atom stereocenters. The van der Waals surface area contributed by atoms with Crippen molar-refractivity contribution in [3.63, 3.8) is 0 Å². The van der Waals surface area contributed by atoms with Gasteiger partial charge in [-0.2, -0.15) is 72.8 Å². The summed E-state index contributed by atoms with van der Waals surface area (Å²) in [7, 11) is 0. The zero-order valence-corrected chi connectivity index (χ0v) is 23.6. The molecule has 0 aromatic heterocycles. The van der Waals surface area contributed by atoms with Gasteiger partial charge in [0.15, 0.2) is 0 Å². The zero-order valence-electron chi connectivity index (χ0n) is 15.1. The Labute approximate surface area is 240 Å². The summed E-state index contributed by atoms with van der Waals surface area (Å²) in [5, 5.41) is 0. The smallest absolute Gasteiger partial charge is 0 e. The van der Waals surface area contributed by atoms with E-state index in [4.69, 9.17) is 0 Å². The largest absolute Gasteiger partial charge is 0.319 e. The first-order chi connectivity index (χ1) is 12.0. The quantitative estimate of drug-likeness (QED) is 0.243. The fraction of sp³-hybridized carbons (Fsp3) is 0. The van der Waals surface area contributed by atoms with E-state index in [1.807, 2.05) is 109 Å². The average Bonchev–Trinajstić information content (AvgIpc) is 2.75. The van der Waals surface area contributed by atoms with E-state index in [9.17, 15) is 0 Å². The third kappa shape index (κ3) is 26.2. The molecule has 0 aliphatic rings. The van der Waals surface area contributed by atoms with Crippen LogP contribution >= 0.6 is 0 Å². The average molecular weight is 573 g/mol. The van der Waals surface area contributed by atoms with Gasteiger partial charge in [0.2, 0.25) is 0 Å². The van der Waals surface area contributed by atoms with Gasteiger partial charge in [0.1, 0.15) is 0 Å². The number of hydrogen-bond donors (Lipinski definition) is 0. The molecule has 27 heavy (non-hydrogen) atoms. The van der Waals surface area contributed by atoms with Gasteiger partial charge in [-0.15, -0.1) is 0 Å². The van der Waals surface area contributed by atoms with Crippen molar-refractivity contribution in [3.8, 4) is 0 Å². The van der Waals surface area contributed by atoms with Crippen molar-refractivity contribution in [1.29, 1.82) is 0 Å². The van der Waals surface area contributed by atoms with Crippen LogP contribution in [0.2, 0.25) is 0 Å². The summed E-state index contributed by atoms with van der Waals surface area (Å²) >= 11 is 0. The van der Waals surface area contributed by atoms with Crippen LogP contribution in [-0.2, 0) is 98.1 Å². The van der Waals surface area contributed by atoms with Crippen LogP contribution < -0.4 is 0 Å². The Morgan fingerprint density at radius 3 is 0.481 bits per heavy atom. The Bertz CT molecular complexity index is 427. The second kappa shape index (κ2) is 28.4. The van der Waals surface area contributed by atoms with Crippen molar-refractivity contribution in [2.75, 3.05) is 0 Å². The number of hydrogen-bond acceptors (Lipinski definition) is 0. The topological polar surface area (TPSA) is 0 Å². The standard InChI is InChI=1S/2C6H5.2C6H4.3Y/c4*1-2-4-6-5-3-1;;;/h2*1-5H;2*1-2,5-6H;;;/q2*-1;2*-2;;;. The van der Waals surface area contributed by atoms with E-state index in [-0.39, 0.29) is 98.1 Å². The first-order valence-electron chi connectivity index (χ1n) is 7.46. The molecule has 4 aromatic carbocycles. The van der Waals surface area contributed by atoms with E-state index in [1.165, 1.54) is 0 Å². The molecule has 0 bridgehead atoms. The van der Waals surface area contributed by atoms with Crippen molar-refractivity contribution in [2.24, 2.45) is 0 Å². The summed E-state index contributed by atoms with van der Waals surface area (Å²) in [6, 6.07) is 51.0. The molecule has 4 rings (SSSR count). The first kappa shape index (κ1) is 31.9. The van der Waals surface area contributed by atoms with Gasteiger partial charge in [0.25, 0.3) is 0 Å². The van der Waals surface area contributed by atoms with E-state index in [1.54, 1.807) is 0 Å². The van der Waals surface area contributed by atoms with Gasteiger partial charge < -0.3 is 24.3 Å². The minimum absolute atomic E-state index is 0. The predicted octanol–water partition coefficient (Wildman–Crippen LogP) is 5.54. The molecule has 0 amide bonds. The molecule has 0 aliphatic carbocycles. The normalized spacial score (nSPS) is 7.11. The van der Waals surface area contributed by atoms with Gasteiger partial charge in [-0.05, 0) is 0 Å². The monoisotopic (exact) mass is 573 g/mol. The van der Waals surface area contributed by atoms with E-state index >= 15 is 0 Å².